The Kier molecular flexibility index (Phi) is 4.00. The molecule has 3 N–H and O–H groups in total. The highest BCUT2D eigenvalue weighted by molar-refractivity contribution is 5.04. The van der Waals surface area contributed by atoms with Crippen molar-refractivity contribution >= 4 is 0 Å². The molecule has 3 fully saturated rings. The summed E-state index contributed by atoms with van der Waals surface area (Å²) < 4.78 is 0. The highest BCUT2D eigenvalue weighted by Gasteiger charge is 2.45. The number of piperidine rings is 3. The lowest BCUT2D eigenvalue weighted by molar-refractivity contribution is 0.0115. The fourth-order valence-corrected chi connectivity index (χ4v) is 3.25. The number of fused-ring (bicyclic) bond motifs is 3. The van der Waals surface area contributed by atoms with E-state index in [1.165, 1.54) is 25.9 Å². The summed E-state index contributed by atoms with van der Waals surface area (Å²) in [5.41, 5.74) is 6.24. The molecule has 3 saturated heterocycles. The highest BCUT2D eigenvalue weighted by Crippen LogP contribution is 2.34. The van der Waals surface area contributed by atoms with Gasteiger partial charge in [0.2, 0.25) is 0 Å². The van der Waals surface area contributed by atoms with Crippen molar-refractivity contribution in [3.63, 3.8) is 0 Å². The minimum absolute atomic E-state index is 0.206. The molecule has 3 aliphatic rings. The van der Waals surface area contributed by atoms with Crippen molar-refractivity contribution in [1.82, 2.24) is 10.2 Å². The fourth-order valence-electron chi connectivity index (χ4n) is 3.25. The van der Waals surface area contributed by atoms with E-state index in [0.717, 1.165) is 32.0 Å². The van der Waals surface area contributed by atoms with Crippen molar-refractivity contribution < 1.29 is 0 Å². The molecular weight excluding hydrogens is 198 g/mol. The number of nitrogens with one attached hydrogen (secondary N) is 1. The maximum Gasteiger partial charge on any atom is 0.0462 e. The molecule has 0 aromatic carbocycles. The van der Waals surface area contributed by atoms with E-state index in [-0.39, 0.29) is 5.54 Å². The van der Waals surface area contributed by atoms with Crippen LogP contribution in [0.1, 0.15) is 26.2 Å². The van der Waals surface area contributed by atoms with E-state index in [1.54, 1.807) is 0 Å². The molecule has 0 aliphatic carbocycles. The lowest BCUT2D eigenvalue weighted by Gasteiger charge is -2.53. The molecule has 1 unspecified atom stereocenters. The van der Waals surface area contributed by atoms with Crippen LogP contribution in [-0.2, 0) is 0 Å². The SMILES string of the molecule is C/C=C/CCNC1(CN)CN2CCC1CC2. The fraction of sp³-hybridized carbons (Fsp3) is 0.846. The lowest BCUT2D eigenvalue weighted by Crippen LogP contribution is -2.69. The van der Waals surface area contributed by atoms with E-state index in [2.05, 4.69) is 29.3 Å². The molecule has 92 valence electrons. The van der Waals surface area contributed by atoms with Crippen LogP contribution >= 0.6 is 0 Å². The normalized spacial score (nSPS) is 38.4. The molecule has 0 aromatic rings. The van der Waals surface area contributed by atoms with Gasteiger partial charge < -0.3 is 16.0 Å². The Balaban J connectivity index is 1.91. The first-order valence-corrected chi connectivity index (χ1v) is 6.59. The van der Waals surface area contributed by atoms with Crippen LogP contribution in [0.5, 0.6) is 0 Å². The van der Waals surface area contributed by atoms with Crippen molar-refractivity contribution in [2.45, 2.75) is 31.7 Å². The van der Waals surface area contributed by atoms with Crippen LogP contribution < -0.4 is 11.1 Å². The summed E-state index contributed by atoms with van der Waals surface area (Å²) in [6.07, 6.45) is 8.11. The van der Waals surface area contributed by atoms with Crippen LogP contribution in [0.15, 0.2) is 12.2 Å². The van der Waals surface area contributed by atoms with Gasteiger partial charge in [0, 0.05) is 18.6 Å². The third kappa shape index (κ3) is 2.31. The summed E-state index contributed by atoms with van der Waals surface area (Å²) in [5.74, 6) is 0.799. The molecule has 3 heterocycles. The molecule has 0 saturated carbocycles. The minimum atomic E-state index is 0.206. The van der Waals surface area contributed by atoms with Crippen LogP contribution in [0.3, 0.4) is 0 Å². The smallest absolute Gasteiger partial charge is 0.0462 e. The molecule has 0 spiro atoms. The van der Waals surface area contributed by atoms with Crippen molar-refractivity contribution in [3.05, 3.63) is 12.2 Å². The summed E-state index contributed by atoms with van der Waals surface area (Å²) in [5, 5.41) is 3.73. The van der Waals surface area contributed by atoms with Gasteiger partial charge in [0.1, 0.15) is 0 Å². The second-order valence-electron chi connectivity index (χ2n) is 5.20. The van der Waals surface area contributed by atoms with Gasteiger partial charge in [0.25, 0.3) is 0 Å². The molecule has 0 aromatic heterocycles. The van der Waals surface area contributed by atoms with E-state index in [9.17, 15) is 0 Å². The predicted octanol–water partition coefficient (Wildman–Crippen LogP) is 0.965. The van der Waals surface area contributed by atoms with Gasteiger partial charge in [-0.3, -0.25) is 0 Å². The molecule has 0 amide bonds. The first-order chi connectivity index (χ1) is 7.80. The highest BCUT2D eigenvalue weighted by atomic mass is 15.2. The topological polar surface area (TPSA) is 41.3 Å². The number of nitrogens with zero attached hydrogens (tertiary/aromatic N) is 1. The molecule has 16 heavy (non-hydrogen) atoms. The van der Waals surface area contributed by atoms with Crippen molar-refractivity contribution in [2.24, 2.45) is 11.7 Å². The maximum atomic E-state index is 6.03. The van der Waals surface area contributed by atoms with E-state index in [0.29, 0.717) is 0 Å². The summed E-state index contributed by atoms with van der Waals surface area (Å²) >= 11 is 0. The molecule has 3 nitrogen and oxygen atoms in total. The zero-order chi connectivity index (χ0) is 11.4. The molecule has 3 aliphatic heterocycles. The minimum Gasteiger partial charge on any atom is -0.329 e. The van der Waals surface area contributed by atoms with Crippen molar-refractivity contribution in [3.8, 4) is 0 Å². The van der Waals surface area contributed by atoms with Crippen LogP contribution in [0.2, 0.25) is 0 Å². The average molecular weight is 223 g/mol. The zero-order valence-electron chi connectivity index (χ0n) is 10.4. The Morgan fingerprint density at radius 1 is 1.44 bits per heavy atom. The molecule has 3 rings (SSSR count). The largest absolute Gasteiger partial charge is 0.329 e. The van der Waals surface area contributed by atoms with E-state index < -0.39 is 0 Å². The first-order valence-electron chi connectivity index (χ1n) is 6.59. The molecule has 1 atom stereocenters. The molecule has 2 bridgehead atoms. The van der Waals surface area contributed by atoms with Gasteiger partial charge in [0.05, 0.1) is 0 Å². The van der Waals surface area contributed by atoms with Gasteiger partial charge in [-0.05, 0) is 51.7 Å². The monoisotopic (exact) mass is 223 g/mol. The summed E-state index contributed by atoms with van der Waals surface area (Å²) in [7, 11) is 0. The Labute approximate surface area is 99.1 Å². The number of hydrogen-bond donors (Lipinski definition) is 2. The first kappa shape index (κ1) is 12.1. The maximum absolute atomic E-state index is 6.03. The van der Waals surface area contributed by atoms with E-state index in [1.807, 2.05) is 0 Å². The van der Waals surface area contributed by atoms with Crippen molar-refractivity contribution in [1.29, 1.82) is 0 Å². The third-order valence-electron chi connectivity index (χ3n) is 4.26. The number of nitrogens with two attached hydrogens (primary N) is 1. The van der Waals surface area contributed by atoms with Gasteiger partial charge in [-0.2, -0.15) is 0 Å². The molecular formula is C13H25N3. The van der Waals surface area contributed by atoms with Crippen LogP contribution in [0.25, 0.3) is 0 Å². The van der Waals surface area contributed by atoms with Crippen molar-refractivity contribution in [2.75, 3.05) is 32.7 Å². The Morgan fingerprint density at radius 3 is 2.69 bits per heavy atom. The standard InChI is InChI=1S/C13H25N3/c1-2-3-4-7-15-13(10-14)11-16-8-5-12(13)6-9-16/h2-3,12,15H,4-11,14H2,1H3/b3-2+. The Morgan fingerprint density at radius 2 is 2.19 bits per heavy atom. The number of rotatable bonds is 5. The zero-order valence-corrected chi connectivity index (χ0v) is 10.4. The number of hydrogen-bond acceptors (Lipinski definition) is 3. The lowest BCUT2D eigenvalue weighted by atomic mass is 9.72. The van der Waals surface area contributed by atoms with Gasteiger partial charge in [0.15, 0.2) is 0 Å². The van der Waals surface area contributed by atoms with E-state index >= 15 is 0 Å². The van der Waals surface area contributed by atoms with Crippen LogP contribution in [0.4, 0.5) is 0 Å². The third-order valence-corrected chi connectivity index (χ3v) is 4.26. The summed E-state index contributed by atoms with van der Waals surface area (Å²) in [6, 6.07) is 0. The average Bonchev–Trinajstić information content (AvgIpc) is 2.36. The molecule has 3 heteroatoms. The number of allylic oxidation sites excluding steroid dienone is 1. The quantitative estimate of drug-likeness (QED) is 0.539. The van der Waals surface area contributed by atoms with Crippen LogP contribution in [-0.4, -0.2) is 43.2 Å². The summed E-state index contributed by atoms with van der Waals surface area (Å²) in [6.45, 7) is 7.64. The predicted molar refractivity (Wildman–Crippen MR) is 68.4 cm³/mol. The Hall–Kier alpha value is -0.380. The Bertz CT molecular complexity index is 244. The van der Waals surface area contributed by atoms with Gasteiger partial charge in [-0.1, -0.05) is 12.2 Å². The van der Waals surface area contributed by atoms with Crippen LogP contribution in [0, 0.1) is 5.92 Å². The van der Waals surface area contributed by atoms with Gasteiger partial charge >= 0.3 is 0 Å². The summed E-state index contributed by atoms with van der Waals surface area (Å²) in [4.78, 5) is 2.56. The van der Waals surface area contributed by atoms with E-state index in [4.69, 9.17) is 5.73 Å². The van der Waals surface area contributed by atoms with Gasteiger partial charge in [-0.15, -0.1) is 0 Å². The second-order valence-corrected chi connectivity index (χ2v) is 5.20. The second kappa shape index (κ2) is 5.30. The van der Waals surface area contributed by atoms with Gasteiger partial charge in [-0.25, -0.2) is 0 Å². The molecule has 0 radical (unpaired) electrons.